The molecule has 0 aliphatic heterocycles. The zero-order valence-corrected chi connectivity index (χ0v) is 15.1. The molecule has 0 spiro atoms. The maximum atomic E-state index is 12.1. The molecule has 0 aliphatic carbocycles. The Labute approximate surface area is 156 Å². The highest BCUT2D eigenvalue weighted by atomic mass is 16.5. The standard InChI is InChI=1S/C20H21NO6/c1-13-8-9-15(11-17(13)22)19(24)27-12-18(23)21-16(20(25)26-2)10-14-6-4-3-5-7-14/h3-9,11,16,22H,10,12H2,1-2H3,(H,21,23). The van der Waals surface area contributed by atoms with E-state index in [0.717, 1.165) is 5.56 Å². The van der Waals surface area contributed by atoms with Gasteiger partial charge < -0.3 is 19.9 Å². The molecule has 0 radical (unpaired) electrons. The van der Waals surface area contributed by atoms with Crippen molar-refractivity contribution in [2.24, 2.45) is 0 Å². The number of rotatable bonds is 7. The lowest BCUT2D eigenvalue weighted by atomic mass is 10.1. The molecule has 1 unspecified atom stereocenters. The smallest absolute Gasteiger partial charge is 0.338 e. The topological polar surface area (TPSA) is 102 Å². The summed E-state index contributed by atoms with van der Waals surface area (Å²) in [6.07, 6.45) is 0.249. The quantitative estimate of drug-likeness (QED) is 0.719. The summed E-state index contributed by atoms with van der Waals surface area (Å²) in [6.45, 7) is 1.13. The van der Waals surface area contributed by atoms with Gasteiger partial charge in [0.15, 0.2) is 6.61 Å². The van der Waals surface area contributed by atoms with Gasteiger partial charge in [0.05, 0.1) is 12.7 Å². The van der Waals surface area contributed by atoms with Crippen LogP contribution < -0.4 is 5.32 Å². The number of benzene rings is 2. The van der Waals surface area contributed by atoms with Crippen molar-refractivity contribution in [1.82, 2.24) is 5.32 Å². The molecule has 0 heterocycles. The lowest BCUT2D eigenvalue weighted by Crippen LogP contribution is -2.44. The van der Waals surface area contributed by atoms with Crippen LogP contribution in [0, 0.1) is 6.92 Å². The second-order valence-electron chi connectivity index (χ2n) is 5.91. The summed E-state index contributed by atoms with van der Waals surface area (Å²) in [5.74, 6) is -2.02. The summed E-state index contributed by atoms with van der Waals surface area (Å²) in [4.78, 5) is 36.0. The molecular weight excluding hydrogens is 350 g/mol. The Morgan fingerprint density at radius 2 is 1.81 bits per heavy atom. The van der Waals surface area contributed by atoms with Gasteiger partial charge in [0, 0.05) is 6.42 Å². The van der Waals surface area contributed by atoms with Gasteiger partial charge in [-0.2, -0.15) is 0 Å². The number of methoxy groups -OCH3 is 1. The van der Waals surface area contributed by atoms with Crippen molar-refractivity contribution in [1.29, 1.82) is 0 Å². The van der Waals surface area contributed by atoms with Crippen LogP contribution in [0.3, 0.4) is 0 Å². The van der Waals surface area contributed by atoms with Crippen molar-refractivity contribution in [3.63, 3.8) is 0 Å². The van der Waals surface area contributed by atoms with Crippen molar-refractivity contribution in [3.8, 4) is 5.75 Å². The van der Waals surface area contributed by atoms with E-state index < -0.39 is 30.5 Å². The molecule has 2 aromatic rings. The largest absolute Gasteiger partial charge is 0.508 e. The van der Waals surface area contributed by atoms with E-state index in [1.165, 1.54) is 19.2 Å². The lowest BCUT2D eigenvalue weighted by molar-refractivity contribution is -0.145. The molecule has 0 saturated heterocycles. The van der Waals surface area contributed by atoms with Gasteiger partial charge in [0.25, 0.3) is 5.91 Å². The fourth-order valence-corrected chi connectivity index (χ4v) is 2.37. The van der Waals surface area contributed by atoms with Gasteiger partial charge in [-0.25, -0.2) is 9.59 Å². The van der Waals surface area contributed by atoms with Crippen LogP contribution in [-0.4, -0.2) is 42.7 Å². The normalized spacial score (nSPS) is 11.3. The third kappa shape index (κ3) is 5.85. The minimum absolute atomic E-state index is 0.0393. The van der Waals surface area contributed by atoms with E-state index in [2.05, 4.69) is 5.32 Å². The average Bonchev–Trinajstić information content (AvgIpc) is 2.67. The number of aryl methyl sites for hydroxylation is 1. The maximum Gasteiger partial charge on any atom is 0.338 e. The minimum Gasteiger partial charge on any atom is -0.508 e. The maximum absolute atomic E-state index is 12.1. The Bertz CT molecular complexity index is 818. The third-order valence-electron chi connectivity index (χ3n) is 3.88. The van der Waals surface area contributed by atoms with Crippen LogP contribution in [0.25, 0.3) is 0 Å². The number of carbonyl (C=O) groups is 3. The molecule has 1 amide bonds. The van der Waals surface area contributed by atoms with E-state index in [0.29, 0.717) is 5.56 Å². The Kier molecular flexibility index (Phi) is 6.93. The Morgan fingerprint density at radius 1 is 1.11 bits per heavy atom. The van der Waals surface area contributed by atoms with E-state index >= 15 is 0 Å². The van der Waals surface area contributed by atoms with Crippen LogP contribution in [0.2, 0.25) is 0 Å². The zero-order valence-electron chi connectivity index (χ0n) is 15.1. The van der Waals surface area contributed by atoms with Gasteiger partial charge in [0.2, 0.25) is 0 Å². The van der Waals surface area contributed by atoms with Crippen LogP contribution in [0.5, 0.6) is 5.75 Å². The van der Waals surface area contributed by atoms with Crippen molar-refractivity contribution in [2.45, 2.75) is 19.4 Å². The number of carbonyl (C=O) groups excluding carboxylic acids is 3. The number of hydrogen-bond acceptors (Lipinski definition) is 6. The predicted octanol–water partition coefficient (Wildman–Crippen LogP) is 1.76. The second-order valence-corrected chi connectivity index (χ2v) is 5.91. The van der Waals surface area contributed by atoms with E-state index in [-0.39, 0.29) is 17.7 Å². The Balaban J connectivity index is 1.93. The van der Waals surface area contributed by atoms with E-state index in [4.69, 9.17) is 9.47 Å². The van der Waals surface area contributed by atoms with Gasteiger partial charge in [0.1, 0.15) is 11.8 Å². The number of ether oxygens (including phenoxy) is 2. The van der Waals surface area contributed by atoms with Crippen molar-refractivity contribution < 1.29 is 29.0 Å². The van der Waals surface area contributed by atoms with Crippen LogP contribution in [0.15, 0.2) is 48.5 Å². The van der Waals surface area contributed by atoms with Crippen LogP contribution in [-0.2, 0) is 25.5 Å². The molecule has 0 aromatic heterocycles. The third-order valence-corrected chi connectivity index (χ3v) is 3.88. The fourth-order valence-electron chi connectivity index (χ4n) is 2.37. The number of hydrogen-bond donors (Lipinski definition) is 2. The molecule has 0 fully saturated rings. The molecule has 142 valence electrons. The Morgan fingerprint density at radius 3 is 2.44 bits per heavy atom. The summed E-state index contributed by atoms with van der Waals surface area (Å²) in [7, 11) is 1.23. The highest BCUT2D eigenvalue weighted by Crippen LogP contribution is 2.17. The van der Waals surface area contributed by atoms with Crippen molar-refractivity contribution >= 4 is 17.8 Å². The number of esters is 2. The van der Waals surface area contributed by atoms with Gasteiger partial charge >= 0.3 is 11.9 Å². The minimum atomic E-state index is -0.896. The molecule has 27 heavy (non-hydrogen) atoms. The molecule has 2 N–H and O–H groups in total. The monoisotopic (exact) mass is 371 g/mol. The van der Waals surface area contributed by atoms with Crippen molar-refractivity contribution in [3.05, 3.63) is 65.2 Å². The van der Waals surface area contributed by atoms with Gasteiger partial charge in [-0.3, -0.25) is 4.79 Å². The first-order valence-corrected chi connectivity index (χ1v) is 8.28. The fraction of sp³-hybridized carbons (Fsp3) is 0.250. The highest BCUT2D eigenvalue weighted by Gasteiger charge is 2.22. The number of amides is 1. The number of phenolic OH excluding ortho intramolecular Hbond substituents is 1. The first kappa shape index (κ1) is 20.0. The molecular formula is C20H21NO6. The summed E-state index contributed by atoms with van der Waals surface area (Å²) in [5.41, 5.74) is 1.59. The number of nitrogens with one attached hydrogen (secondary N) is 1. The molecule has 0 bridgehead atoms. The molecule has 2 aromatic carbocycles. The van der Waals surface area contributed by atoms with E-state index in [1.54, 1.807) is 13.0 Å². The molecule has 0 saturated carbocycles. The van der Waals surface area contributed by atoms with Crippen molar-refractivity contribution in [2.75, 3.05) is 13.7 Å². The summed E-state index contributed by atoms with van der Waals surface area (Å²) >= 11 is 0. The summed E-state index contributed by atoms with van der Waals surface area (Å²) in [5, 5.41) is 12.1. The van der Waals surface area contributed by atoms with Gasteiger partial charge in [-0.1, -0.05) is 36.4 Å². The van der Waals surface area contributed by atoms with E-state index in [1.807, 2.05) is 30.3 Å². The number of phenols is 1. The summed E-state index contributed by atoms with van der Waals surface area (Å²) in [6, 6.07) is 12.6. The van der Waals surface area contributed by atoms with E-state index in [9.17, 15) is 19.5 Å². The molecule has 0 aliphatic rings. The molecule has 1 atom stereocenters. The Hall–Kier alpha value is -3.35. The molecule has 7 heteroatoms. The van der Waals surface area contributed by atoms with Gasteiger partial charge in [-0.05, 0) is 30.2 Å². The molecule has 7 nitrogen and oxygen atoms in total. The number of aromatic hydroxyl groups is 1. The first-order valence-electron chi connectivity index (χ1n) is 8.28. The predicted molar refractivity (Wildman–Crippen MR) is 97.2 cm³/mol. The van der Waals surface area contributed by atoms with Crippen LogP contribution in [0.4, 0.5) is 0 Å². The van der Waals surface area contributed by atoms with Gasteiger partial charge in [-0.15, -0.1) is 0 Å². The molecule has 2 rings (SSSR count). The van der Waals surface area contributed by atoms with Crippen LogP contribution in [0.1, 0.15) is 21.5 Å². The zero-order chi connectivity index (χ0) is 19.8. The summed E-state index contributed by atoms with van der Waals surface area (Å²) < 4.78 is 9.65. The second kappa shape index (κ2) is 9.38. The van der Waals surface area contributed by atoms with Crippen LogP contribution >= 0.6 is 0 Å². The SMILES string of the molecule is COC(=O)C(Cc1ccccc1)NC(=O)COC(=O)c1ccc(C)c(O)c1. The highest BCUT2D eigenvalue weighted by molar-refractivity contribution is 5.92. The average molecular weight is 371 g/mol. The first-order chi connectivity index (χ1) is 12.9. The lowest BCUT2D eigenvalue weighted by Gasteiger charge is -2.16.